The van der Waals surface area contributed by atoms with E-state index in [2.05, 4.69) is 10.1 Å². The number of alkyl halides is 5. The molecule has 2 aromatic heterocycles. The summed E-state index contributed by atoms with van der Waals surface area (Å²) in [5.41, 5.74) is -1.45. The van der Waals surface area contributed by atoms with Crippen LogP contribution in [0.25, 0.3) is 17.1 Å². The minimum atomic E-state index is -4.76. The highest BCUT2D eigenvalue weighted by atomic mass is 19.4. The van der Waals surface area contributed by atoms with Crippen LogP contribution in [0.3, 0.4) is 0 Å². The van der Waals surface area contributed by atoms with E-state index in [1.807, 2.05) is 0 Å². The molecule has 14 heteroatoms. The summed E-state index contributed by atoms with van der Waals surface area (Å²) in [4.78, 5) is 30.2. The molecule has 1 aliphatic heterocycles. The van der Waals surface area contributed by atoms with Gasteiger partial charge in [0, 0.05) is 30.6 Å². The van der Waals surface area contributed by atoms with Crippen molar-refractivity contribution in [3.05, 3.63) is 60.0 Å². The largest absolute Gasteiger partial charge is 0.481 e. The lowest BCUT2D eigenvalue weighted by Gasteiger charge is -2.34. The van der Waals surface area contributed by atoms with E-state index in [0.717, 1.165) is 27.9 Å². The third-order valence-electron chi connectivity index (χ3n) is 6.57. The number of benzene rings is 1. The Morgan fingerprint density at radius 1 is 1.20 bits per heavy atom. The fourth-order valence-corrected chi connectivity index (χ4v) is 4.75. The summed E-state index contributed by atoms with van der Waals surface area (Å²) in [6, 6.07) is 6.97. The molecular formula is C26H25F6N5O3. The van der Waals surface area contributed by atoms with Crippen molar-refractivity contribution >= 4 is 18.2 Å². The van der Waals surface area contributed by atoms with Crippen LogP contribution in [0.4, 0.5) is 32.2 Å². The van der Waals surface area contributed by atoms with Gasteiger partial charge in [-0.1, -0.05) is 18.2 Å². The molecule has 1 amide bonds. The molecule has 40 heavy (non-hydrogen) atoms. The number of piperidine rings is 1. The van der Waals surface area contributed by atoms with Gasteiger partial charge in [-0.15, -0.1) is 5.10 Å². The molecule has 0 aliphatic carbocycles. The lowest BCUT2D eigenvalue weighted by molar-refractivity contribution is -0.138. The van der Waals surface area contributed by atoms with E-state index in [1.165, 1.54) is 35.2 Å². The number of likely N-dealkylation sites (tertiary alicyclic amines) is 1. The number of anilines is 1. The molecular weight excluding hydrogens is 544 g/mol. The molecule has 0 radical (unpaired) electrons. The maximum Gasteiger partial charge on any atom is 0.417 e. The van der Waals surface area contributed by atoms with E-state index < -0.39 is 48.5 Å². The van der Waals surface area contributed by atoms with Gasteiger partial charge in [0.15, 0.2) is 11.6 Å². The molecule has 8 nitrogen and oxygen atoms in total. The van der Waals surface area contributed by atoms with Crippen molar-refractivity contribution < 1.29 is 41.0 Å². The lowest BCUT2D eigenvalue weighted by Crippen LogP contribution is -2.45. The molecule has 0 spiro atoms. The molecule has 1 fully saturated rings. The maximum absolute atomic E-state index is 13.9. The van der Waals surface area contributed by atoms with Crippen molar-refractivity contribution in [2.24, 2.45) is 0 Å². The highest BCUT2D eigenvalue weighted by molar-refractivity contribution is 5.80. The number of carbonyl (C=O) groups excluding carboxylic acids is 1. The Morgan fingerprint density at radius 2 is 1.95 bits per heavy atom. The molecule has 3 heterocycles. The van der Waals surface area contributed by atoms with Gasteiger partial charge in [-0.2, -0.15) is 13.2 Å². The summed E-state index contributed by atoms with van der Waals surface area (Å²) < 4.78 is 83.9. The second-order valence-corrected chi connectivity index (χ2v) is 9.47. The molecule has 3 aromatic rings. The van der Waals surface area contributed by atoms with Crippen LogP contribution in [0.2, 0.25) is 0 Å². The second-order valence-electron chi connectivity index (χ2n) is 9.47. The van der Waals surface area contributed by atoms with Crippen LogP contribution in [-0.2, 0) is 15.8 Å². The maximum atomic E-state index is 13.9. The summed E-state index contributed by atoms with van der Waals surface area (Å²) >= 11 is 0. The van der Waals surface area contributed by atoms with Crippen LogP contribution < -0.4 is 4.90 Å². The molecule has 0 saturated carbocycles. The number of nitrogens with zero attached hydrogens (tertiary/aromatic N) is 5. The van der Waals surface area contributed by atoms with E-state index >= 15 is 0 Å². The normalized spacial score (nSPS) is 16.4. The molecule has 0 unspecified atom stereocenters. The predicted molar refractivity (Wildman–Crippen MR) is 132 cm³/mol. The van der Waals surface area contributed by atoms with E-state index in [4.69, 9.17) is 0 Å². The fraction of sp³-hybridized carbons (Fsp3) is 0.385. The topological polar surface area (TPSA) is 91.6 Å². The molecule has 1 aromatic carbocycles. The van der Waals surface area contributed by atoms with Gasteiger partial charge in [0.1, 0.15) is 5.82 Å². The predicted octanol–water partition coefficient (Wildman–Crippen LogP) is 5.02. The lowest BCUT2D eigenvalue weighted by atomic mass is 10.0. The summed E-state index contributed by atoms with van der Waals surface area (Å²) in [6.45, 7) is -0.0707. The van der Waals surface area contributed by atoms with E-state index in [-0.39, 0.29) is 48.7 Å². The Balaban J connectivity index is 1.75. The average Bonchev–Trinajstić information content (AvgIpc) is 3.31. The fourth-order valence-electron chi connectivity index (χ4n) is 4.75. The zero-order valence-electron chi connectivity index (χ0n) is 21.0. The molecule has 1 atom stereocenters. The first kappa shape index (κ1) is 29.1. The zero-order chi connectivity index (χ0) is 29.1. The van der Waals surface area contributed by atoms with Gasteiger partial charge in [-0.25, -0.2) is 22.8 Å². The number of halogens is 6. The number of aliphatic carboxylic acids is 1. The van der Waals surface area contributed by atoms with Gasteiger partial charge in [-0.05, 0) is 37.6 Å². The SMILES string of the molecule is O=CN(c1cc(-c2ccccc2C(F)(F)F)n(-c2ccc(F)cn2)n1)[C@@H](CCN1CCCC(F)(F)C1)CC(=O)O. The van der Waals surface area contributed by atoms with Crippen molar-refractivity contribution in [1.82, 2.24) is 19.7 Å². The first-order valence-electron chi connectivity index (χ1n) is 12.3. The Hall–Kier alpha value is -3.94. The number of hydrogen-bond acceptors (Lipinski definition) is 5. The molecule has 1 saturated heterocycles. The van der Waals surface area contributed by atoms with Crippen LogP contribution in [0.1, 0.15) is 31.2 Å². The number of pyridine rings is 1. The monoisotopic (exact) mass is 569 g/mol. The van der Waals surface area contributed by atoms with Gasteiger partial charge in [0.05, 0.1) is 30.4 Å². The number of aromatic nitrogens is 3. The summed E-state index contributed by atoms with van der Waals surface area (Å²) in [6.07, 6.45) is -4.20. The van der Waals surface area contributed by atoms with Crippen molar-refractivity contribution in [3.63, 3.8) is 0 Å². The molecule has 1 N–H and O–H groups in total. The number of rotatable bonds is 10. The van der Waals surface area contributed by atoms with Crippen molar-refractivity contribution in [1.29, 1.82) is 0 Å². The van der Waals surface area contributed by atoms with E-state index in [0.29, 0.717) is 13.0 Å². The van der Waals surface area contributed by atoms with Gasteiger partial charge in [0.2, 0.25) is 6.41 Å². The Bertz CT molecular complexity index is 1350. The van der Waals surface area contributed by atoms with Crippen molar-refractivity contribution in [3.8, 4) is 17.1 Å². The minimum absolute atomic E-state index is 0.0166. The van der Waals surface area contributed by atoms with E-state index in [9.17, 15) is 41.0 Å². The first-order valence-corrected chi connectivity index (χ1v) is 12.3. The Kier molecular flexibility index (Phi) is 8.47. The number of carboxylic acid groups (broad SMARTS) is 1. The molecule has 0 bridgehead atoms. The summed E-state index contributed by atoms with van der Waals surface area (Å²) in [7, 11) is 0. The van der Waals surface area contributed by atoms with Crippen molar-refractivity contribution in [2.75, 3.05) is 24.5 Å². The van der Waals surface area contributed by atoms with Gasteiger partial charge in [-0.3, -0.25) is 19.4 Å². The van der Waals surface area contributed by atoms with Gasteiger partial charge < -0.3 is 5.11 Å². The van der Waals surface area contributed by atoms with Crippen LogP contribution in [0, 0.1) is 5.82 Å². The Morgan fingerprint density at radius 3 is 2.58 bits per heavy atom. The smallest absolute Gasteiger partial charge is 0.417 e. The molecule has 1 aliphatic rings. The Labute approximate surface area is 224 Å². The third kappa shape index (κ3) is 6.79. The highest BCUT2D eigenvalue weighted by Crippen LogP contribution is 2.39. The quantitative estimate of drug-likeness (QED) is 0.273. The summed E-state index contributed by atoms with van der Waals surface area (Å²) in [5.74, 6) is -5.11. The van der Waals surface area contributed by atoms with Gasteiger partial charge in [0.25, 0.3) is 5.92 Å². The number of amides is 1. The number of carbonyl (C=O) groups is 2. The number of carboxylic acids is 1. The van der Waals surface area contributed by atoms with Crippen molar-refractivity contribution in [2.45, 2.75) is 43.8 Å². The minimum Gasteiger partial charge on any atom is -0.481 e. The van der Waals surface area contributed by atoms with Gasteiger partial charge >= 0.3 is 12.1 Å². The van der Waals surface area contributed by atoms with Crippen LogP contribution in [0.5, 0.6) is 0 Å². The van der Waals surface area contributed by atoms with Crippen LogP contribution >= 0.6 is 0 Å². The van der Waals surface area contributed by atoms with E-state index in [1.54, 1.807) is 0 Å². The molecule has 4 rings (SSSR count). The molecule has 214 valence electrons. The average molecular weight is 570 g/mol. The third-order valence-corrected chi connectivity index (χ3v) is 6.57. The van der Waals surface area contributed by atoms with Crippen LogP contribution in [-0.4, -0.2) is 68.7 Å². The van der Waals surface area contributed by atoms with Crippen LogP contribution in [0.15, 0.2) is 48.7 Å². The number of hydrogen-bond donors (Lipinski definition) is 1. The summed E-state index contributed by atoms with van der Waals surface area (Å²) in [5, 5.41) is 13.8. The first-order chi connectivity index (χ1) is 18.9. The standard InChI is InChI=1S/C26H25F6N5O3/c27-17-6-7-22(33-14-17)37-21(19-4-1-2-5-20(19)26(30,31)32)13-23(34-37)36(16-38)18(12-24(39)40)8-11-35-10-3-9-25(28,29)15-35/h1-2,4-7,13-14,16,18H,3,8-12,15H2,(H,39,40)/t18-/m0/s1. The highest BCUT2D eigenvalue weighted by Gasteiger charge is 2.37. The zero-order valence-corrected chi connectivity index (χ0v) is 21.0. The second kappa shape index (κ2) is 11.7.